The normalized spacial score (nSPS) is 18.2. The van der Waals surface area contributed by atoms with E-state index < -0.39 is 0 Å². The number of nitrogens with zero attached hydrogens (tertiary/aromatic N) is 2. The summed E-state index contributed by atoms with van der Waals surface area (Å²) in [5, 5.41) is 4.46. The lowest BCUT2D eigenvalue weighted by atomic mass is 9.95. The highest BCUT2D eigenvalue weighted by atomic mass is 32.1. The number of amides is 2. The molecule has 3 heterocycles. The highest BCUT2D eigenvalue weighted by molar-refractivity contribution is 7.15. The van der Waals surface area contributed by atoms with Crippen LogP contribution in [-0.4, -0.2) is 35.3 Å². The minimum atomic E-state index is 0.0414. The van der Waals surface area contributed by atoms with Crippen molar-refractivity contribution in [2.24, 2.45) is 0 Å². The lowest BCUT2D eigenvalue weighted by Crippen LogP contribution is -2.42. The summed E-state index contributed by atoms with van der Waals surface area (Å²) in [4.78, 5) is 16.7. The van der Waals surface area contributed by atoms with Crippen LogP contribution in [0, 0.1) is 0 Å². The highest BCUT2D eigenvalue weighted by Crippen LogP contribution is 2.42. The molecule has 2 aromatic heterocycles. The van der Waals surface area contributed by atoms with E-state index in [-0.39, 0.29) is 12.1 Å². The number of carbonyl (C=O) groups excluding carboxylic acids is 1. The summed E-state index contributed by atoms with van der Waals surface area (Å²) in [7, 11) is 0. The summed E-state index contributed by atoms with van der Waals surface area (Å²) in [5.74, 6) is 0. The number of rotatable bonds is 6. The third-order valence-corrected chi connectivity index (χ3v) is 7.23. The number of aryl methyl sites for hydroxylation is 1. The van der Waals surface area contributed by atoms with Crippen molar-refractivity contribution >= 4 is 17.4 Å². The first-order chi connectivity index (χ1) is 13.7. The minimum absolute atomic E-state index is 0.0414. The Labute approximate surface area is 171 Å². The molecule has 0 saturated carbocycles. The zero-order valence-electron chi connectivity index (χ0n) is 17.0. The van der Waals surface area contributed by atoms with Gasteiger partial charge in [-0.25, -0.2) is 4.79 Å². The van der Waals surface area contributed by atoms with Crippen molar-refractivity contribution in [2.75, 3.05) is 19.8 Å². The molecule has 0 unspecified atom stereocenters. The third-order valence-electron chi connectivity index (χ3n) is 5.90. The van der Waals surface area contributed by atoms with E-state index in [0.29, 0.717) is 19.7 Å². The van der Waals surface area contributed by atoms with Gasteiger partial charge in [0.05, 0.1) is 12.6 Å². The van der Waals surface area contributed by atoms with E-state index in [2.05, 4.69) is 40.0 Å². The number of thiophene rings is 1. The molecule has 0 aromatic carbocycles. The van der Waals surface area contributed by atoms with Gasteiger partial charge in [0.15, 0.2) is 0 Å². The van der Waals surface area contributed by atoms with Crippen molar-refractivity contribution in [1.29, 1.82) is 0 Å². The summed E-state index contributed by atoms with van der Waals surface area (Å²) < 4.78 is 7.73. The maximum Gasteiger partial charge on any atom is 0.318 e. The molecule has 2 aliphatic rings. The van der Waals surface area contributed by atoms with Crippen LogP contribution in [0.25, 0.3) is 5.00 Å². The van der Waals surface area contributed by atoms with Crippen LogP contribution in [0.3, 0.4) is 0 Å². The van der Waals surface area contributed by atoms with E-state index in [4.69, 9.17) is 4.74 Å². The fraction of sp³-hybridized carbons (Fsp3) is 0.591. The summed E-state index contributed by atoms with van der Waals surface area (Å²) in [6, 6.07) is 4.43. The van der Waals surface area contributed by atoms with E-state index in [0.717, 1.165) is 25.9 Å². The molecule has 6 heteroatoms. The van der Waals surface area contributed by atoms with E-state index in [1.54, 1.807) is 0 Å². The summed E-state index contributed by atoms with van der Waals surface area (Å²) in [6.45, 7) is 6.95. The smallest absolute Gasteiger partial charge is 0.318 e. The molecule has 0 fully saturated rings. The standard InChI is InChI=1S/C22H31N3O2S/c1-3-18-19-10-7-13-24(19)21-17(16-9-5-6-11-20(16)28-21)15-25(18)22(26)23-12-8-14-27-4-2/h7,10,13,18H,3-6,8-9,11-12,14-15H2,1-2H3,(H,23,26)/t18-/m1/s1. The topological polar surface area (TPSA) is 46.5 Å². The van der Waals surface area contributed by atoms with Crippen LogP contribution in [0.2, 0.25) is 0 Å². The van der Waals surface area contributed by atoms with Gasteiger partial charge in [0.2, 0.25) is 0 Å². The Kier molecular flexibility index (Phi) is 6.07. The molecule has 0 radical (unpaired) electrons. The van der Waals surface area contributed by atoms with E-state index in [1.165, 1.54) is 46.0 Å². The number of nitrogens with one attached hydrogen (secondary N) is 1. The Hall–Kier alpha value is -1.79. The molecule has 28 heavy (non-hydrogen) atoms. The van der Waals surface area contributed by atoms with Gasteiger partial charge in [-0.15, -0.1) is 11.3 Å². The molecular formula is C22H31N3O2S. The molecule has 5 nitrogen and oxygen atoms in total. The summed E-state index contributed by atoms with van der Waals surface area (Å²) >= 11 is 1.94. The van der Waals surface area contributed by atoms with Crippen molar-refractivity contribution in [1.82, 2.24) is 14.8 Å². The summed E-state index contributed by atoms with van der Waals surface area (Å²) in [5.41, 5.74) is 4.11. The van der Waals surface area contributed by atoms with Gasteiger partial charge >= 0.3 is 6.03 Å². The minimum Gasteiger partial charge on any atom is -0.382 e. The van der Waals surface area contributed by atoms with Gasteiger partial charge in [0, 0.05) is 42.1 Å². The first-order valence-electron chi connectivity index (χ1n) is 10.7. The zero-order chi connectivity index (χ0) is 19.5. The van der Waals surface area contributed by atoms with Gasteiger partial charge in [0.1, 0.15) is 5.00 Å². The molecule has 152 valence electrons. The van der Waals surface area contributed by atoms with Gasteiger partial charge in [-0.05, 0) is 63.1 Å². The Morgan fingerprint density at radius 2 is 2.14 bits per heavy atom. The summed E-state index contributed by atoms with van der Waals surface area (Å²) in [6.07, 6.45) is 8.81. The molecule has 1 N–H and O–H groups in total. The van der Waals surface area contributed by atoms with Crippen LogP contribution in [0.4, 0.5) is 4.79 Å². The van der Waals surface area contributed by atoms with E-state index >= 15 is 0 Å². The number of fused-ring (bicyclic) bond motifs is 5. The van der Waals surface area contributed by atoms with Crippen LogP contribution in [-0.2, 0) is 24.1 Å². The molecule has 0 spiro atoms. The highest BCUT2D eigenvalue weighted by Gasteiger charge is 2.34. The first kappa shape index (κ1) is 19.5. The van der Waals surface area contributed by atoms with Crippen LogP contribution in [0.1, 0.15) is 67.3 Å². The average Bonchev–Trinajstić information content (AvgIpc) is 3.30. The monoisotopic (exact) mass is 401 g/mol. The molecule has 4 rings (SSSR count). The Balaban J connectivity index is 1.62. The number of hydrogen-bond donors (Lipinski definition) is 1. The Morgan fingerprint density at radius 3 is 2.96 bits per heavy atom. The molecular weight excluding hydrogens is 370 g/mol. The zero-order valence-corrected chi connectivity index (χ0v) is 17.8. The number of aromatic nitrogens is 1. The lowest BCUT2D eigenvalue weighted by molar-refractivity contribution is 0.141. The van der Waals surface area contributed by atoms with E-state index in [9.17, 15) is 4.79 Å². The van der Waals surface area contributed by atoms with Crippen molar-refractivity contribution in [3.05, 3.63) is 40.0 Å². The molecule has 2 aromatic rings. The molecule has 1 aliphatic carbocycles. The third kappa shape index (κ3) is 3.60. The van der Waals surface area contributed by atoms with Crippen LogP contribution >= 0.6 is 11.3 Å². The fourth-order valence-corrected chi connectivity index (χ4v) is 5.93. The van der Waals surface area contributed by atoms with Crippen LogP contribution in [0.5, 0.6) is 0 Å². The fourth-order valence-electron chi connectivity index (χ4n) is 4.52. The van der Waals surface area contributed by atoms with Gasteiger partial charge in [-0.3, -0.25) is 0 Å². The maximum absolute atomic E-state index is 13.2. The largest absolute Gasteiger partial charge is 0.382 e. The van der Waals surface area contributed by atoms with Crippen molar-refractivity contribution in [3.8, 4) is 5.00 Å². The van der Waals surface area contributed by atoms with Gasteiger partial charge in [-0.1, -0.05) is 6.92 Å². The average molecular weight is 402 g/mol. The lowest BCUT2D eigenvalue weighted by Gasteiger charge is -2.30. The first-order valence-corrected chi connectivity index (χ1v) is 11.5. The number of ether oxygens (including phenoxy) is 1. The van der Waals surface area contributed by atoms with Crippen LogP contribution < -0.4 is 5.32 Å². The quantitative estimate of drug-likeness (QED) is 0.706. The maximum atomic E-state index is 13.2. The Bertz CT molecular complexity index is 826. The second-order valence-electron chi connectivity index (χ2n) is 7.63. The van der Waals surface area contributed by atoms with Crippen molar-refractivity contribution in [3.63, 3.8) is 0 Å². The molecule has 0 saturated heterocycles. The molecule has 0 bridgehead atoms. The number of urea groups is 1. The van der Waals surface area contributed by atoms with Gasteiger partial charge in [-0.2, -0.15) is 0 Å². The predicted octanol–water partition coefficient (Wildman–Crippen LogP) is 4.82. The molecule has 1 aliphatic heterocycles. The van der Waals surface area contributed by atoms with E-state index in [1.807, 2.05) is 18.3 Å². The molecule has 2 amide bonds. The van der Waals surface area contributed by atoms with Gasteiger partial charge in [0.25, 0.3) is 0 Å². The SMILES string of the molecule is CCOCCCNC(=O)N1Cc2c(sc3c2CCCC3)-n2cccc2[C@H]1CC. The number of hydrogen-bond acceptors (Lipinski definition) is 3. The number of carbonyl (C=O) groups is 1. The van der Waals surface area contributed by atoms with Gasteiger partial charge < -0.3 is 19.5 Å². The Morgan fingerprint density at radius 1 is 1.29 bits per heavy atom. The molecule has 1 atom stereocenters. The van der Waals surface area contributed by atoms with Crippen LogP contribution in [0.15, 0.2) is 18.3 Å². The predicted molar refractivity (Wildman–Crippen MR) is 113 cm³/mol. The van der Waals surface area contributed by atoms with Crippen molar-refractivity contribution in [2.45, 2.75) is 65.0 Å². The second kappa shape index (κ2) is 8.70. The second-order valence-corrected chi connectivity index (χ2v) is 8.72. The van der Waals surface area contributed by atoms with Crippen molar-refractivity contribution < 1.29 is 9.53 Å².